The Morgan fingerprint density at radius 2 is 1.47 bits per heavy atom. The molecule has 0 spiro atoms. The summed E-state index contributed by atoms with van der Waals surface area (Å²) in [5, 5.41) is 10.4. The van der Waals surface area contributed by atoms with Gasteiger partial charge in [-0.1, -0.05) is 0 Å². The summed E-state index contributed by atoms with van der Waals surface area (Å²) in [6, 6.07) is 0. The molecule has 0 heterocycles. The van der Waals surface area contributed by atoms with E-state index in [2.05, 4.69) is 0 Å². The smallest absolute Gasteiger partial charge is 0.133 e. The van der Waals surface area contributed by atoms with Crippen LogP contribution in [0, 0.1) is 11.8 Å². The van der Waals surface area contributed by atoms with E-state index < -0.39 is 0 Å². The minimum atomic E-state index is -0.252. The first-order chi connectivity index (χ1) is 7.20. The molecule has 0 aromatic rings. The van der Waals surface area contributed by atoms with Crippen molar-refractivity contribution in [3.8, 4) is 0 Å². The number of hydrogen-bond acceptors (Lipinski definition) is 3. The lowest BCUT2D eigenvalue weighted by Gasteiger charge is -2.40. The monoisotopic (exact) mass is 211 g/mol. The Morgan fingerprint density at radius 1 is 1.00 bits per heavy atom. The molecule has 2 fully saturated rings. The molecule has 2 aliphatic carbocycles. The van der Waals surface area contributed by atoms with Crippen LogP contribution >= 0.6 is 0 Å². The van der Waals surface area contributed by atoms with E-state index in [0.717, 1.165) is 0 Å². The maximum Gasteiger partial charge on any atom is 0.133 e. The predicted molar refractivity (Wildman–Crippen MR) is 50.8 cm³/mol. The summed E-state index contributed by atoms with van der Waals surface area (Å²) in [5.41, 5.74) is 0. The van der Waals surface area contributed by atoms with Crippen LogP contribution in [0.4, 0.5) is 0 Å². The van der Waals surface area contributed by atoms with Gasteiger partial charge in [0.15, 0.2) is 0 Å². The average molecular weight is 211 g/mol. The molecule has 83 valence electrons. The molecule has 15 heavy (non-hydrogen) atoms. The average Bonchev–Trinajstić information content (AvgIpc) is 2.14. The largest absolute Gasteiger partial charge is 0.375 e. The van der Waals surface area contributed by atoms with Crippen molar-refractivity contribution in [1.29, 1.82) is 0 Å². The Balaban J connectivity index is 2.04. The number of fused-ring (bicyclic) bond motifs is 2. The SMILES string of the molecule is [O]CCOC1C2CC(=O)CC1CC(=O)C2. The quantitative estimate of drug-likeness (QED) is 0.692. The van der Waals surface area contributed by atoms with E-state index in [9.17, 15) is 14.7 Å². The standard InChI is InChI=1S/C11H15O4/c12-1-2-15-11-7-3-9(13)5-8(11)6-10(14)4-7/h7-8,11H,1-6H2. The predicted octanol–water partition coefficient (Wildman–Crippen LogP) is 0.760. The molecule has 2 saturated carbocycles. The van der Waals surface area contributed by atoms with Gasteiger partial charge in [-0.3, -0.25) is 9.59 Å². The van der Waals surface area contributed by atoms with Crippen LogP contribution in [0.2, 0.25) is 0 Å². The van der Waals surface area contributed by atoms with E-state index in [1.165, 1.54) is 0 Å². The summed E-state index contributed by atoms with van der Waals surface area (Å²) in [7, 11) is 0. The van der Waals surface area contributed by atoms with Crippen LogP contribution in [0.3, 0.4) is 0 Å². The van der Waals surface area contributed by atoms with Crippen LogP contribution in [-0.4, -0.2) is 30.9 Å². The van der Waals surface area contributed by atoms with Crippen LogP contribution < -0.4 is 0 Å². The van der Waals surface area contributed by atoms with Crippen molar-refractivity contribution in [2.75, 3.05) is 13.2 Å². The van der Waals surface area contributed by atoms with Gasteiger partial charge in [0.05, 0.1) is 12.7 Å². The van der Waals surface area contributed by atoms with Gasteiger partial charge in [0, 0.05) is 25.7 Å². The molecule has 0 aliphatic heterocycles. The minimum absolute atomic E-state index is 0.0315. The fraction of sp³-hybridized carbons (Fsp3) is 0.818. The van der Waals surface area contributed by atoms with Gasteiger partial charge in [0.25, 0.3) is 0 Å². The number of carbonyl (C=O) groups is 2. The Kier molecular flexibility index (Phi) is 3.17. The van der Waals surface area contributed by atoms with E-state index in [1.54, 1.807) is 0 Å². The van der Waals surface area contributed by atoms with E-state index in [0.29, 0.717) is 25.7 Å². The second-order valence-electron chi connectivity index (χ2n) is 4.45. The maximum atomic E-state index is 11.4. The Hall–Kier alpha value is -0.740. The molecule has 2 bridgehead atoms. The van der Waals surface area contributed by atoms with Gasteiger partial charge in [-0.05, 0) is 11.8 Å². The molecule has 2 aliphatic rings. The minimum Gasteiger partial charge on any atom is -0.375 e. The van der Waals surface area contributed by atoms with E-state index in [1.807, 2.05) is 0 Å². The molecule has 4 nitrogen and oxygen atoms in total. The van der Waals surface area contributed by atoms with Crippen LogP contribution in [0.25, 0.3) is 0 Å². The van der Waals surface area contributed by atoms with Gasteiger partial charge in [-0.15, -0.1) is 0 Å². The fourth-order valence-corrected chi connectivity index (χ4v) is 2.79. The Bertz CT molecular complexity index is 234. The van der Waals surface area contributed by atoms with Gasteiger partial charge in [0.2, 0.25) is 0 Å². The number of Topliss-reactive ketones (excluding diaryl/α,β-unsaturated/α-hetero) is 2. The fourth-order valence-electron chi connectivity index (χ4n) is 2.79. The molecule has 0 aromatic carbocycles. The topological polar surface area (TPSA) is 63.3 Å². The lowest BCUT2D eigenvalue weighted by Crippen LogP contribution is -2.45. The van der Waals surface area contributed by atoms with Gasteiger partial charge < -0.3 is 4.74 Å². The van der Waals surface area contributed by atoms with E-state index in [-0.39, 0.29) is 42.7 Å². The summed E-state index contributed by atoms with van der Waals surface area (Å²) in [5.74, 6) is 0.534. The molecule has 0 N–H and O–H groups in total. The zero-order valence-electron chi connectivity index (χ0n) is 8.61. The highest BCUT2D eigenvalue weighted by molar-refractivity contribution is 5.86. The van der Waals surface area contributed by atoms with Crippen molar-refractivity contribution >= 4 is 11.6 Å². The maximum absolute atomic E-state index is 11.4. The molecule has 0 aromatic heterocycles. The van der Waals surface area contributed by atoms with Gasteiger partial charge in [-0.25, -0.2) is 5.11 Å². The van der Waals surface area contributed by atoms with Crippen molar-refractivity contribution in [3.63, 3.8) is 0 Å². The summed E-state index contributed by atoms with van der Waals surface area (Å²) in [6.07, 6.45) is 1.77. The highest BCUT2D eigenvalue weighted by Crippen LogP contribution is 2.38. The summed E-state index contributed by atoms with van der Waals surface area (Å²) >= 11 is 0. The Labute approximate surface area is 88.6 Å². The van der Waals surface area contributed by atoms with Crippen LogP contribution in [0.5, 0.6) is 0 Å². The number of ketones is 2. The molecule has 0 atom stereocenters. The molecule has 0 unspecified atom stereocenters. The lowest BCUT2D eigenvalue weighted by atomic mass is 9.69. The number of rotatable bonds is 3. The first-order valence-corrected chi connectivity index (χ1v) is 5.44. The normalized spacial score (nSPS) is 35.7. The van der Waals surface area contributed by atoms with E-state index in [4.69, 9.17) is 4.74 Å². The van der Waals surface area contributed by atoms with E-state index >= 15 is 0 Å². The zero-order chi connectivity index (χ0) is 10.8. The highest BCUT2D eigenvalue weighted by Gasteiger charge is 2.43. The van der Waals surface area contributed by atoms with Gasteiger partial charge >= 0.3 is 0 Å². The van der Waals surface area contributed by atoms with Crippen LogP contribution in [-0.2, 0) is 19.4 Å². The van der Waals surface area contributed by atoms with Crippen molar-refractivity contribution in [1.82, 2.24) is 0 Å². The molecule has 0 saturated heterocycles. The number of hydrogen-bond donors (Lipinski definition) is 0. The third-order valence-electron chi connectivity index (χ3n) is 3.28. The molecule has 4 heteroatoms. The summed E-state index contributed by atoms with van der Waals surface area (Å²) < 4.78 is 5.48. The molecule has 0 amide bonds. The lowest BCUT2D eigenvalue weighted by molar-refractivity contribution is -0.144. The first-order valence-electron chi connectivity index (χ1n) is 5.44. The third-order valence-corrected chi connectivity index (χ3v) is 3.28. The molecular weight excluding hydrogens is 196 g/mol. The van der Waals surface area contributed by atoms with Crippen molar-refractivity contribution in [3.05, 3.63) is 0 Å². The highest BCUT2D eigenvalue weighted by atomic mass is 16.5. The Morgan fingerprint density at radius 3 is 1.87 bits per heavy atom. The second-order valence-corrected chi connectivity index (χ2v) is 4.45. The molecule has 2 rings (SSSR count). The van der Waals surface area contributed by atoms with Crippen LogP contribution in [0.15, 0.2) is 0 Å². The van der Waals surface area contributed by atoms with Crippen molar-refractivity contribution in [2.45, 2.75) is 31.8 Å². The summed E-state index contributed by atoms with van der Waals surface area (Å²) in [6.45, 7) is -0.0577. The zero-order valence-corrected chi connectivity index (χ0v) is 8.61. The van der Waals surface area contributed by atoms with Crippen molar-refractivity contribution < 1.29 is 19.4 Å². The van der Waals surface area contributed by atoms with Crippen molar-refractivity contribution in [2.24, 2.45) is 11.8 Å². The molecule has 1 radical (unpaired) electrons. The third kappa shape index (κ3) is 2.26. The first kappa shape index (κ1) is 10.8. The number of ether oxygens (including phenoxy) is 1. The summed E-state index contributed by atoms with van der Waals surface area (Å²) in [4.78, 5) is 22.7. The van der Waals surface area contributed by atoms with Gasteiger partial charge in [0.1, 0.15) is 18.2 Å². The van der Waals surface area contributed by atoms with Gasteiger partial charge in [-0.2, -0.15) is 0 Å². The number of carbonyl (C=O) groups excluding carboxylic acids is 2. The van der Waals surface area contributed by atoms with Crippen LogP contribution in [0.1, 0.15) is 25.7 Å². The second kappa shape index (κ2) is 4.41. The molecular formula is C11H15O4.